The molecule has 5 rings (SSSR count). The van der Waals surface area contributed by atoms with Crippen LogP contribution in [0.3, 0.4) is 0 Å². The van der Waals surface area contributed by atoms with Gasteiger partial charge >= 0.3 is 6.18 Å². The van der Waals surface area contributed by atoms with Crippen LogP contribution in [0.15, 0.2) is 47.8 Å². The largest absolute Gasteiger partial charge is 0.438 e. The van der Waals surface area contributed by atoms with Gasteiger partial charge in [0.2, 0.25) is 5.88 Å². The molecule has 0 aliphatic carbocycles. The molecule has 1 N–H and O–H groups in total. The van der Waals surface area contributed by atoms with Crippen molar-refractivity contribution >= 4 is 10.9 Å². The number of pyridine rings is 3. The highest BCUT2D eigenvalue weighted by atomic mass is 19.4. The molecule has 0 bridgehead atoms. The minimum atomic E-state index is -4.76. The lowest BCUT2D eigenvalue weighted by molar-refractivity contribution is -0.138. The first-order valence-electron chi connectivity index (χ1n) is 11.0. The monoisotopic (exact) mass is 528 g/mol. The molecule has 0 unspecified atom stereocenters. The van der Waals surface area contributed by atoms with Crippen molar-refractivity contribution in [1.82, 2.24) is 29.7 Å². The van der Waals surface area contributed by atoms with E-state index in [9.17, 15) is 26.7 Å². The molecule has 194 valence electrons. The average molecular weight is 528 g/mol. The summed E-state index contributed by atoms with van der Waals surface area (Å²) in [5, 5.41) is 4.12. The second-order valence-electron chi connectivity index (χ2n) is 8.40. The lowest BCUT2D eigenvalue weighted by Crippen LogP contribution is -2.12. The van der Waals surface area contributed by atoms with E-state index in [0.717, 1.165) is 18.2 Å². The molecule has 0 saturated carbocycles. The van der Waals surface area contributed by atoms with Crippen molar-refractivity contribution in [3.63, 3.8) is 0 Å². The Morgan fingerprint density at radius 3 is 2.47 bits per heavy atom. The molecule has 4 aromatic heterocycles. The number of hydrogen-bond donors (Lipinski definition) is 1. The number of H-pyrrole nitrogens is 1. The summed E-state index contributed by atoms with van der Waals surface area (Å²) in [6, 6.07) is 4.54. The van der Waals surface area contributed by atoms with Crippen molar-refractivity contribution in [2.45, 2.75) is 20.0 Å². The summed E-state index contributed by atoms with van der Waals surface area (Å²) in [5.74, 6) is -2.48. The lowest BCUT2D eigenvalue weighted by Gasteiger charge is -2.18. The van der Waals surface area contributed by atoms with Gasteiger partial charge in [-0.25, -0.2) is 23.4 Å². The van der Waals surface area contributed by atoms with Crippen molar-refractivity contribution in [3.8, 4) is 34.4 Å². The van der Waals surface area contributed by atoms with Crippen LogP contribution in [-0.2, 0) is 13.2 Å². The summed E-state index contributed by atoms with van der Waals surface area (Å²) in [7, 11) is 1.62. The molecule has 0 fully saturated rings. The van der Waals surface area contributed by atoms with Gasteiger partial charge in [-0.3, -0.25) is 9.78 Å². The number of rotatable bonds is 4. The lowest BCUT2D eigenvalue weighted by atomic mass is 10.0. The number of alkyl halides is 3. The molecule has 0 radical (unpaired) electrons. The second-order valence-corrected chi connectivity index (χ2v) is 8.40. The van der Waals surface area contributed by atoms with Crippen LogP contribution >= 0.6 is 0 Å². The van der Waals surface area contributed by atoms with Crippen molar-refractivity contribution in [1.29, 1.82) is 0 Å². The Kier molecular flexibility index (Phi) is 5.93. The van der Waals surface area contributed by atoms with Gasteiger partial charge in [-0.2, -0.15) is 18.3 Å². The van der Waals surface area contributed by atoms with Crippen LogP contribution in [0.1, 0.15) is 16.7 Å². The van der Waals surface area contributed by atoms with Gasteiger partial charge in [0.1, 0.15) is 17.8 Å². The van der Waals surface area contributed by atoms with Gasteiger partial charge in [0.05, 0.1) is 27.7 Å². The SMILES string of the molecule is Cc1c(Oc2ncc(C(F)(F)F)c(C)c2-c2cc(=O)c3c(-c4ncnn4C)nccc3[nH]2)ccc(F)c1F. The molecule has 4 heterocycles. The van der Waals surface area contributed by atoms with Crippen LogP contribution in [0.2, 0.25) is 0 Å². The van der Waals surface area contributed by atoms with E-state index in [1.54, 1.807) is 7.05 Å². The first kappa shape index (κ1) is 25.0. The van der Waals surface area contributed by atoms with E-state index >= 15 is 0 Å². The Labute approximate surface area is 210 Å². The number of aromatic amines is 1. The number of benzene rings is 1. The van der Waals surface area contributed by atoms with E-state index in [1.807, 2.05) is 0 Å². The zero-order valence-corrected chi connectivity index (χ0v) is 20.0. The number of halogens is 5. The third-order valence-electron chi connectivity index (χ3n) is 6.04. The van der Waals surface area contributed by atoms with E-state index in [-0.39, 0.29) is 50.6 Å². The van der Waals surface area contributed by atoms with Crippen LogP contribution in [0.25, 0.3) is 33.7 Å². The highest BCUT2D eigenvalue weighted by molar-refractivity contribution is 5.92. The Balaban J connectivity index is 1.75. The molecule has 38 heavy (non-hydrogen) atoms. The first-order chi connectivity index (χ1) is 18.0. The molecule has 0 atom stereocenters. The predicted octanol–water partition coefficient (Wildman–Crippen LogP) is 5.49. The van der Waals surface area contributed by atoms with Gasteiger partial charge in [-0.05, 0) is 37.6 Å². The third-order valence-corrected chi connectivity index (χ3v) is 6.04. The maximum absolute atomic E-state index is 14.1. The maximum atomic E-state index is 14.1. The quantitative estimate of drug-likeness (QED) is 0.310. The van der Waals surface area contributed by atoms with Gasteiger partial charge in [0.15, 0.2) is 22.9 Å². The fourth-order valence-electron chi connectivity index (χ4n) is 4.12. The minimum absolute atomic E-state index is 0.0380. The fraction of sp³-hybridized carbons (Fsp3) is 0.160. The number of aromatic nitrogens is 6. The molecule has 0 amide bonds. The maximum Gasteiger partial charge on any atom is 0.418 e. The zero-order valence-electron chi connectivity index (χ0n) is 20.0. The second kappa shape index (κ2) is 9.01. The highest BCUT2D eigenvalue weighted by Gasteiger charge is 2.35. The van der Waals surface area contributed by atoms with Gasteiger partial charge in [0.25, 0.3) is 0 Å². The van der Waals surface area contributed by atoms with Gasteiger partial charge in [-0.1, -0.05) is 0 Å². The molecule has 0 saturated heterocycles. The van der Waals surface area contributed by atoms with Crippen LogP contribution in [0.5, 0.6) is 11.6 Å². The van der Waals surface area contributed by atoms with E-state index in [0.29, 0.717) is 12.0 Å². The molecule has 0 aliphatic heterocycles. The van der Waals surface area contributed by atoms with E-state index in [4.69, 9.17) is 4.74 Å². The molecule has 1 aromatic carbocycles. The van der Waals surface area contributed by atoms with E-state index in [1.165, 1.54) is 37.1 Å². The van der Waals surface area contributed by atoms with Crippen LogP contribution in [0.4, 0.5) is 22.0 Å². The van der Waals surface area contributed by atoms with Crippen LogP contribution < -0.4 is 10.2 Å². The predicted molar refractivity (Wildman–Crippen MR) is 126 cm³/mol. The summed E-state index contributed by atoms with van der Waals surface area (Å²) >= 11 is 0. The average Bonchev–Trinajstić information content (AvgIpc) is 3.28. The highest BCUT2D eigenvalue weighted by Crippen LogP contribution is 2.41. The molecule has 13 heteroatoms. The Morgan fingerprint density at radius 1 is 1.03 bits per heavy atom. The molecule has 8 nitrogen and oxygen atoms in total. The molecular formula is C25H17F5N6O2. The summed E-state index contributed by atoms with van der Waals surface area (Å²) in [6.07, 6.45) is -1.48. The fourth-order valence-corrected chi connectivity index (χ4v) is 4.12. The zero-order chi connectivity index (χ0) is 27.4. The number of fused-ring (bicyclic) bond motifs is 1. The summed E-state index contributed by atoms with van der Waals surface area (Å²) in [6.45, 7) is 2.45. The standard InChI is InChI=1S/C25H17F5N6O2/c1-11-13(25(28,29)30)9-32-24(38-18-5-4-14(26)21(27)12(18)2)19(11)16-8-17(37)20-15(35-16)6-7-31-22(20)23-33-10-34-36(23)3/h4-10H,1-3H3,(H,35,37). The van der Waals surface area contributed by atoms with Crippen molar-refractivity contribution in [2.24, 2.45) is 7.05 Å². The Hall–Kier alpha value is -4.68. The van der Waals surface area contributed by atoms with Crippen LogP contribution in [-0.4, -0.2) is 29.7 Å². The molecular weight excluding hydrogens is 511 g/mol. The molecule has 0 aliphatic rings. The summed E-state index contributed by atoms with van der Waals surface area (Å²) < 4.78 is 76.2. The minimum Gasteiger partial charge on any atom is -0.438 e. The molecule has 5 aromatic rings. The topological polar surface area (TPSA) is 98.6 Å². The number of ether oxygens (including phenoxy) is 1. The number of aryl methyl sites for hydroxylation is 1. The van der Waals surface area contributed by atoms with Crippen LogP contribution in [0, 0.1) is 25.5 Å². The van der Waals surface area contributed by atoms with Gasteiger partial charge in [-0.15, -0.1) is 0 Å². The first-order valence-corrected chi connectivity index (χ1v) is 11.0. The smallest absolute Gasteiger partial charge is 0.418 e. The summed E-state index contributed by atoms with van der Waals surface area (Å²) in [4.78, 5) is 28.5. The van der Waals surface area contributed by atoms with E-state index < -0.39 is 28.8 Å². The Bertz CT molecular complexity index is 1780. The Morgan fingerprint density at radius 2 is 1.79 bits per heavy atom. The number of hydrogen-bond acceptors (Lipinski definition) is 6. The van der Waals surface area contributed by atoms with Crippen molar-refractivity contribution in [2.75, 3.05) is 0 Å². The third kappa shape index (κ3) is 4.15. The summed E-state index contributed by atoms with van der Waals surface area (Å²) in [5.41, 5.74) is -1.86. The number of nitrogens with zero attached hydrogens (tertiary/aromatic N) is 5. The number of nitrogens with one attached hydrogen (secondary N) is 1. The van der Waals surface area contributed by atoms with E-state index in [2.05, 4.69) is 25.0 Å². The molecule has 0 spiro atoms. The van der Waals surface area contributed by atoms with Gasteiger partial charge in [0, 0.05) is 31.1 Å². The normalized spacial score (nSPS) is 11.8. The van der Waals surface area contributed by atoms with Crippen molar-refractivity contribution in [3.05, 3.63) is 81.5 Å². The van der Waals surface area contributed by atoms with Gasteiger partial charge < -0.3 is 9.72 Å². The van der Waals surface area contributed by atoms with Crippen molar-refractivity contribution < 1.29 is 26.7 Å².